The minimum absolute atomic E-state index is 0.284. The van der Waals surface area contributed by atoms with Gasteiger partial charge in [-0.05, 0) is 70.9 Å². The van der Waals surface area contributed by atoms with Crippen LogP contribution in [0.2, 0.25) is 0 Å². The van der Waals surface area contributed by atoms with Crippen molar-refractivity contribution in [1.29, 1.82) is 0 Å². The maximum atomic E-state index is 11.7. The fourth-order valence-electron chi connectivity index (χ4n) is 3.06. The van der Waals surface area contributed by atoms with Gasteiger partial charge in [0, 0.05) is 25.5 Å². The molecule has 2 heterocycles. The van der Waals surface area contributed by atoms with Crippen molar-refractivity contribution in [3.05, 3.63) is 23.4 Å². The van der Waals surface area contributed by atoms with Gasteiger partial charge < -0.3 is 25.2 Å². The lowest BCUT2D eigenvalue weighted by atomic mass is 10.1. The smallest absolute Gasteiger partial charge is 0.408 e. The number of carbonyl (C=O) groups is 2. The number of nitrogens with zero attached hydrogens (tertiary/aromatic N) is 1. The van der Waals surface area contributed by atoms with Gasteiger partial charge >= 0.3 is 12.1 Å². The van der Waals surface area contributed by atoms with Crippen LogP contribution in [0.1, 0.15) is 57.7 Å². The van der Waals surface area contributed by atoms with Crippen molar-refractivity contribution >= 4 is 17.9 Å². The number of carboxylic acids is 1. The number of ether oxygens (including phenoxy) is 2. The van der Waals surface area contributed by atoms with Gasteiger partial charge in [-0.25, -0.2) is 14.6 Å². The maximum absolute atomic E-state index is 11.7. The molecule has 0 spiro atoms. The number of anilines is 1. The number of fused-ring (bicyclic) bond motifs is 1. The Kier molecular flexibility index (Phi) is 8.70. The molecule has 0 radical (unpaired) electrons. The van der Waals surface area contributed by atoms with Crippen LogP contribution in [-0.4, -0.2) is 53.6 Å². The molecule has 0 saturated heterocycles. The lowest BCUT2D eigenvalue weighted by Crippen LogP contribution is -2.43. The zero-order chi connectivity index (χ0) is 21.3. The third-order valence-electron chi connectivity index (χ3n) is 4.44. The number of nitrogens with one attached hydrogen (secondary N) is 2. The zero-order valence-corrected chi connectivity index (χ0v) is 17.6. The van der Waals surface area contributed by atoms with Gasteiger partial charge in [0.05, 0.1) is 0 Å². The molecule has 0 bridgehead atoms. The highest BCUT2D eigenvalue weighted by molar-refractivity contribution is 5.79. The summed E-state index contributed by atoms with van der Waals surface area (Å²) in [5.74, 6) is -0.0742. The fourth-order valence-corrected chi connectivity index (χ4v) is 3.06. The second kappa shape index (κ2) is 11.0. The summed E-state index contributed by atoms with van der Waals surface area (Å²) in [6, 6.07) is 3.24. The van der Waals surface area contributed by atoms with Crippen LogP contribution in [0.25, 0.3) is 0 Å². The van der Waals surface area contributed by atoms with Crippen LogP contribution in [0.15, 0.2) is 12.1 Å². The number of aromatic nitrogens is 1. The lowest BCUT2D eigenvalue weighted by molar-refractivity contribution is -0.139. The topological polar surface area (TPSA) is 110 Å². The van der Waals surface area contributed by atoms with Gasteiger partial charge in [-0.15, -0.1) is 0 Å². The predicted molar refractivity (Wildman–Crippen MR) is 110 cm³/mol. The molecule has 1 unspecified atom stereocenters. The first-order valence-corrected chi connectivity index (χ1v) is 10.3. The third kappa shape index (κ3) is 8.68. The number of alkyl carbamates (subject to hydrolysis) is 1. The first-order valence-electron chi connectivity index (χ1n) is 10.3. The molecular formula is C21H33N3O5. The molecule has 8 heteroatoms. The number of carbonyl (C=O) groups excluding carboxylic acids is 1. The summed E-state index contributed by atoms with van der Waals surface area (Å²) in [4.78, 5) is 27.7. The largest absolute Gasteiger partial charge is 0.480 e. The van der Waals surface area contributed by atoms with Crippen LogP contribution in [-0.2, 0) is 27.1 Å². The molecule has 8 nitrogen and oxygen atoms in total. The Morgan fingerprint density at radius 3 is 2.76 bits per heavy atom. The number of carboxylic acid groups (broad SMARTS) is 1. The van der Waals surface area contributed by atoms with E-state index in [1.165, 1.54) is 5.56 Å². The van der Waals surface area contributed by atoms with E-state index in [9.17, 15) is 14.7 Å². The molecule has 0 fully saturated rings. The molecule has 1 aromatic heterocycles. The predicted octanol–water partition coefficient (Wildman–Crippen LogP) is 3.15. The number of amides is 1. The van der Waals surface area contributed by atoms with Crippen LogP contribution < -0.4 is 10.6 Å². The Labute approximate surface area is 172 Å². The summed E-state index contributed by atoms with van der Waals surface area (Å²) in [5.41, 5.74) is 1.66. The van der Waals surface area contributed by atoms with Crippen molar-refractivity contribution < 1.29 is 24.2 Å². The van der Waals surface area contributed by atoms with Crippen LogP contribution in [0, 0.1) is 0 Å². The molecule has 1 amide bonds. The molecule has 29 heavy (non-hydrogen) atoms. The molecule has 0 saturated carbocycles. The Bertz CT molecular complexity index is 687. The summed E-state index contributed by atoms with van der Waals surface area (Å²) in [6.07, 6.45) is 4.02. The minimum Gasteiger partial charge on any atom is -0.480 e. The van der Waals surface area contributed by atoms with E-state index in [1.54, 1.807) is 20.8 Å². The van der Waals surface area contributed by atoms with E-state index in [4.69, 9.17) is 9.47 Å². The summed E-state index contributed by atoms with van der Waals surface area (Å²) in [5, 5.41) is 15.0. The molecule has 1 atom stereocenters. The SMILES string of the molecule is CC(C)(C)OC(=O)NC(CCCOCCCc1ccc2c(n1)NCCC2)C(=O)O. The van der Waals surface area contributed by atoms with Gasteiger partial charge in [-0.1, -0.05) is 6.07 Å². The Morgan fingerprint density at radius 1 is 1.28 bits per heavy atom. The number of pyridine rings is 1. The van der Waals surface area contributed by atoms with Crippen LogP contribution in [0.5, 0.6) is 0 Å². The number of hydrogen-bond acceptors (Lipinski definition) is 6. The summed E-state index contributed by atoms with van der Waals surface area (Å²) in [6.45, 7) is 7.19. The van der Waals surface area contributed by atoms with Crippen molar-refractivity contribution in [2.75, 3.05) is 25.1 Å². The third-order valence-corrected chi connectivity index (χ3v) is 4.44. The van der Waals surface area contributed by atoms with Gasteiger partial charge in [0.2, 0.25) is 0 Å². The van der Waals surface area contributed by atoms with Crippen molar-refractivity contribution in [3.63, 3.8) is 0 Å². The maximum Gasteiger partial charge on any atom is 0.408 e. The van der Waals surface area contributed by atoms with Gasteiger partial charge in [0.15, 0.2) is 0 Å². The van der Waals surface area contributed by atoms with Crippen molar-refractivity contribution in [1.82, 2.24) is 10.3 Å². The zero-order valence-electron chi connectivity index (χ0n) is 17.6. The summed E-state index contributed by atoms with van der Waals surface area (Å²) in [7, 11) is 0. The Morgan fingerprint density at radius 2 is 2.03 bits per heavy atom. The molecule has 162 valence electrons. The fraction of sp³-hybridized carbons (Fsp3) is 0.667. The average Bonchev–Trinajstić information content (AvgIpc) is 2.64. The Balaban J connectivity index is 1.60. The normalized spacial score (nSPS) is 14.4. The van der Waals surface area contributed by atoms with Crippen molar-refractivity contribution in [2.24, 2.45) is 0 Å². The summed E-state index contributed by atoms with van der Waals surface area (Å²) < 4.78 is 10.7. The molecule has 3 N–H and O–H groups in total. The van der Waals surface area contributed by atoms with E-state index in [0.29, 0.717) is 19.6 Å². The average molecular weight is 408 g/mol. The molecule has 0 aromatic carbocycles. The van der Waals surface area contributed by atoms with Crippen molar-refractivity contribution in [3.8, 4) is 0 Å². The highest BCUT2D eigenvalue weighted by Gasteiger charge is 2.23. The molecule has 1 aromatic rings. The number of aliphatic carboxylic acids is 1. The standard InChI is InChI=1S/C21H33N3O5/c1-21(2,3)29-20(27)24-17(19(25)26)9-6-14-28-13-5-8-16-11-10-15-7-4-12-22-18(15)23-16/h10-11,17H,4-9,12-14H2,1-3H3,(H,22,23)(H,24,27)(H,25,26). The molecular weight excluding hydrogens is 374 g/mol. The summed E-state index contributed by atoms with van der Waals surface area (Å²) >= 11 is 0. The van der Waals surface area contributed by atoms with E-state index in [1.807, 2.05) is 0 Å². The van der Waals surface area contributed by atoms with E-state index in [2.05, 4.69) is 27.8 Å². The van der Waals surface area contributed by atoms with Gasteiger partial charge in [-0.3, -0.25) is 0 Å². The monoisotopic (exact) mass is 407 g/mol. The lowest BCUT2D eigenvalue weighted by Gasteiger charge is -2.22. The Hall–Kier alpha value is -2.35. The van der Waals surface area contributed by atoms with Gasteiger partial charge in [0.1, 0.15) is 17.5 Å². The van der Waals surface area contributed by atoms with Gasteiger partial charge in [0.25, 0.3) is 0 Å². The van der Waals surface area contributed by atoms with E-state index in [0.717, 1.165) is 43.7 Å². The minimum atomic E-state index is -1.08. The van der Waals surface area contributed by atoms with Crippen LogP contribution in [0.3, 0.4) is 0 Å². The van der Waals surface area contributed by atoms with Crippen LogP contribution >= 0.6 is 0 Å². The van der Waals surface area contributed by atoms with Crippen molar-refractivity contribution in [2.45, 2.75) is 70.9 Å². The van der Waals surface area contributed by atoms with Gasteiger partial charge in [-0.2, -0.15) is 0 Å². The molecule has 0 aliphatic carbocycles. The molecule has 1 aliphatic heterocycles. The van der Waals surface area contributed by atoms with E-state index < -0.39 is 23.7 Å². The quantitative estimate of drug-likeness (QED) is 0.511. The molecule has 1 aliphatic rings. The highest BCUT2D eigenvalue weighted by atomic mass is 16.6. The highest BCUT2D eigenvalue weighted by Crippen LogP contribution is 2.20. The molecule has 2 rings (SSSR count). The van der Waals surface area contributed by atoms with Crippen LogP contribution in [0.4, 0.5) is 10.6 Å². The number of hydrogen-bond donors (Lipinski definition) is 3. The first-order chi connectivity index (χ1) is 13.7. The first kappa shape index (κ1) is 22.9. The van der Waals surface area contributed by atoms with E-state index in [-0.39, 0.29) is 6.42 Å². The van der Waals surface area contributed by atoms with E-state index >= 15 is 0 Å². The second-order valence-corrected chi connectivity index (χ2v) is 8.24. The number of aryl methyl sites for hydroxylation is 2. The second-order valence-electron chi connectivity index (χ2n) is 8.24. The number of rotatable bonds is 10.